The van der Waals surface area contributed by atoms with Gasteiger partial charge in [-0.05, 0) is 42.2 Å². The molecule has 2 aromatic heterocycles. The van der Waals surface area contributed by atoms with E-state index in [-0.39, 0.29) is 5.91 Å². The number of aryl methyl sites for hydroxylation is 2. The molecule has 0 aliphatic heterocycles. The Morgan fingerprint density at radius 1 is 0.867 bits per heavy atom. The smallest absolute Gasteiger partial charge is 0.274 e. The van der Waals surface area contributed by atoms with Crippen LogP contribution in [0.4, 0.5) is 17.3 Å². The number of carbonyl (C=O) groups excluding carboxylic acids is 1. The third-order valence-corrected chi connectivity index (χ3v) is 5.00. The van der Waals surface area contributed by atoms with Crippen LogP contribution in [-0.2, 0) is 12.8 Å². The Bertz CT molecular complexity index is 1180. The summed E-state index contributed by atoms with van der Waals surface area (Å²) < 4.78 is 0. The van der Waals surface area contributed by atoms with Crippen LogP contribution in [0.25, 0.3) is 10.9 Å². The van der Waals surface area contributed by atoms with Crippen LogP contribution in [0.1, 0.15) is 35.5 Å². The summed E-state index contributed by atoms with van der Waals surface area (Å²) in [5.74, 6) is 0.0902. The van der Waals surface area contributed by atoms with Crippen molar-refractivity contribution in [3.8, 4) is 0 Å². The average molecular weight is 397 g/mol. The highest BCUT2D eigenvalue weighted by Crippen LogP contribution is 2.24. The molecule has 0 unspecified atom stereocenters. The molecule has 1 amide bonds. The van der Waals surface area contributed by atoms with Crippen LogP contribution in [-0.4, -0.2) is 20.9 Å². The van der Waals surface area contributed by atoms with Crippen molar-refractivity contribution >= 4 is 34.1 Å². The molecule has 0 fully saturated rings. The number of rotatable bonds is 6. The lowest BCUT2D eigenvalue weighted by molar-refractivity contribution is 0.102. The Balaban J connectivity index is 1.60. The van der Waals surface area contributed by atoms with Crippen LogP contribution in [0.2, 0.25) is 0 Å². The van der Waals surface area contributed by atoms with Gasteiger partial charge in [-0.25, -0.2) is 9.97 Å². The van der Waals surface area contributed by atoms with Gasteiger partial charge in [-0.1, -0.05) is 50.2 Å². The largest absolute Gasteiger partial charge is 0.322 e. The van der Waals surface area contributed by atoms with Crippen molar-refractivity contribution in [1.29, 1.82) is 0 Å². The summed E-state index contributed by atoms with van der Waals surface area (Å²) in [6.45, 7) is 4.16. The van der Waals surface area contributed by atoms with Gasteiger partial charge >= 0.3 is 0 Å². The minimum absolute atomic E-state index is 0.257. The third-order valence-electron chi connectivity index (χ3n) is 5.00. The number of hydrogen-bond donors (Lipinski definition) is 2. The van der Waals surface area contributed by atoms with E-state index in [1.165, 1.54) is 0 Å². The fraction of sp³-hybridized carbons (Fsp3) is 0.167. The predicted molar refractivity (Wildman–Crippen MR) is 120 cm³/mol. The van der Waals surface area contributed by atoms with E-state index in [0.29, 0.717) is 11.6 Å². The standard InChI is InChI=1S/C24H23N5O/c1-3-16-8-5-9-17(4-2)21(16)29-23(30)20-13-15-26-24(28-20)27-19-12-6-10-18-11-7-14-25-22(18)19/h5-15H,3-4H2,1-2H3,(H,29,30)(H,26,27,28). The van der Waals surface area contributed by atoms with Gasteiger partial charge in [0.15, 0.2) is 0 Å². The minimum atomic E-state index is -0.257. The number of nitrogens with one attached hydrogen (secondary N) is 2. The molecule has 2 N–H and O–H groups in total. The maximum atomic E-state index is 12.9. The van der Waals surface area contributed by atoms with Gasteiger partial charge in [0.2, 0.25) is 5.95 Å². The Labute approximate surface area is 175 Å². The van der Waals surface area contributed by atoms with Crippen LogP contribution >= 0.6 is 0 Å². The van der Waals surface area contributed by atoms with Crippen molar-refractivity contribution in [1.82, 2.24) is 15.0 Å². The maximum Gasteiger partial charge on any atom is 0.274 e. The number of aromatic nitrogens is 3. The van der Waals surface area contributed by atoms with Crippen LogP contribution in [0.5, 0.6) is 0 Å². The number of fused-ring (bicyclic) bond motifs is 1. The van der Waals surface area contributed by atoms with Crippen LogP contribution in [0.15, 0.2) is 67.0 Å². The van der Waals surface area contributed by atoms with Gasteiger partial charge in [-0.15, -0.1) is 0 Å². The van der Waals surface area contributed by atoms with Crippen molar-refractivity contribution in [2.45, 2.75) is 26.7 Å². The van der Waals surface area contributed by atoms with E-state index in [0.717, 1.165) is 46.2 Å². The molecule has 4 rings (SSSR count). The van der Waals surface area contributed by atoms with Crippen LogP contribution in [0, 0.1) is 0 Å². The highest BCUT2D eigenvalue weighted by atomic mass is 16.1. The molecule has 0 atom stereocenters. The fourth-order valence-electron chi connectivity index (χ4n) is 3.45. The molecule has 0 radical (unpaired) electrons. The molecule has 0 aliphatic rings. The SMILES string of the molecule is CCc1cccc(CC)c1NC(=O)c1ccnc(Nc2cccc3cccnc23)n1. The molecule has 150 valence electrons. The van der Waals surface area contributed by atoms with E-state index in [1.807, 2.05) is 48.5 Å². The summed E-state index contributed by atoms with van der Waals surface area (Å²) in [7, 11) is 0. The van der Waals surface area contributed by atoms with Gasteiger partial charge in [0.05, 0.1) is 11.2 Å². The van der Waals surface area contributed by atoms with Crippen LogP contribution < -0.4 is 10.6 Å². The van der Waals surface area contributed by atoms with Gasteiger partial charge in [-0.3, -0.25) is 9.78 Å². The first kappa shape index (κ1) is 19.5. The van der Waals surface area contributed by atoms with Gasteiger partial charge in [0.25, 0.3) is 5.91 Å². The number of para-hydroxylation sites is 2. The molecule has 4 aromatic rings. The minimum Gasteiger partial charge on any atom is -0.322 e. The zero-order valence-electron chi connectivity index (χ0n) is 17.0. The number of carbonyl (C=O) groups is 1. The zero-order chi connectivity index (χ0) is 20.9. The van der Waals surface area contributed by atoms with E-state index < -0.39 is 0 Å². The fourth-order valence-corrected chi connectivity index (χ4v) is 3.45. The number of benzene rings is 2. The second kappa shape index (κ2) is 8.69. The highest BCUT2D eigenvalue weighted by Gasteiger charge is 2.14. The molecule has 2 heterocycles. The van der Waals surface area contributed by atoms with Crippen molar-refractivity contribution in [3.05, 3.63) is 83.8 Å². The molecule has 0 aliphatic carbocycles. The molecule has 0 bridgehead atoms. The summed E-state index contributed by atoms with van der Waals surface area (Å²) in [6.07, 6.45) is 5.01. The molecule has 6 heteroatoms. The van der Waals surface area contributed by atoms with E-state index >= 15 is 0 Å². The first-order valence-corrected chi connectivity index (χ1v) is 10.1. The van der Waals surface area contributed by atoms with Crippen LogP contribution in [0.3, 0.4) is 0 Å². The molecule has 0 saturated carbocycles. The van der Waals surface area contributed by atoms with E-state index in [9.17, 15) is 4.79 Å². The number of nitrogens with zero attached hydrogens (tertiary/aromatic N) is 3. The van der Waals surface area contributed by atoms with E-state index in [4.69, 9.17) is 0 Å². The monoisotopic (exact) mass is 397 g/mol. The van der Waals surface area contributed by atoms with E-state index in [2.05, 4.69) is 39.4 Å². The topological polar surface area (TPSA) is 79.8 Å². The zero-order valence-corrected chi connectivity index (χ0v) is 17.0. The Morgan fingerprint density at radius 2 is 1.60 bits per heavy atom. The molecule has 0 saturated heterocycles. The second-order valence-electron chi connectivity index (χ2n) is 6.88. The summed E-state index contributed by atoms with van der Waals surface area (Å²) in [5, 5.41) is 7.25. The highest BCUT2D eigenvalue weighted by molar-refractivity contribution is 6.04. The Morgan fingerprint density at radius 3 is 2.37 bits per heavy atom. The number of amides is 1. The first-order chi connectivity index (χ1) is 14.7. The average Bonchev–Trinajstić information content (AvgIpc) is 2.79. The molecule has 2 aromatic carbocycles. The van der Waals surface area contributed by atoms with Gasteiger partial charge in [0, 0.05) is 23.5 Å². The molecule has 30 heavy (non-hydrogen) atoms. The van der Waals surface area contributed by atoms with E-state index in [1.54, 1.807) is 18.5 Å². The Hall–Kier alpha value is -3.80. The maximum absolute atomic E-state index is 12.9. The lowest BCUT2D eigenvalue weighted by Gasteiger charge is -2.14. The number of anilines is 3. The third kappa shape index (κ3) is 3.98. The van der Waals surface area contributed by atoms with Gasteiger partial charge < -0.3 is 10.6 Å². The van der Waals surface area contributed by atoms with Crippen molar-refractivity contribution in [2.24, 2.45) is 0 Å². The predicted octanol–water partition coefficient (Wildman–Crippen LogP) is 5.15. The summed E-state index contributed by atoms with van der Waals surface area (Å²) in [5.41, 5.74) is 5.00. The Kier molecular flexibility index (Phi) is 5.66. The normalized spacial score (nSPS) is 10.7. The lowest BCUT2D eigenvalue weighted by atomic mass is 10.0. The van der Waals surface area contributed by atoms with Gasteiger partial charge in [-0.2, -0.15) is 0 Å². The number of hydrogen-bond acceptors (Lipinski definition) is 5. The summed E-state index contributed by atoms with van der Waals surface area (Å²) in [6, 6.07) is 17.5. The molecule has 0 spiro atoms. The summed E-state index contributed by atoms with van der Waals surface area (Å²) >= 11 is 0. The molecular weight excluding hydrogens is 374 g/mol. The van der Waals surface area contributed by atoms with Crippen molar-refractivity contribution in [3.63, 3.8) is 0 Å². The summed E-state index contributed by atoms with van der Waals surface area (Å²) in [4.78, 5) is 26.0. The quantitative estimate of drug-likeness (QED) is 0.471. The molecule has 6 nitrogen and oxygen atoms in total. The number of pyridine rings is 1. The van der Waals surface area contributed by atoms with Gasteiger partial charge in [0.1, 0.15) is 5.69 Å². The van der Waals surface area contributed by atoms with Crippen molar-refractivity contribution < 1.29 is 4.79 Å². The second-order valence-corrected chi connectivity index (χ2v) is 6.88. The molecular formula is C24H23N5O. The first-order valence-electron chi connectivity index (χ1n) is 10.1. The van der Waals surface area contributed by atoms with Crippen molar-refractivity contribution in [2.75, 3.05) is 10.6 Å². The lowest BCUT2D eigenvalue weighted by Crippen LogP contribution is -2.17.